The van der Waals surface area contributed by atoms with Gasteiger partial charge in [0, 0.05) is 21.4 Å². The number of rotatable bonds is 7. The predicted molar refractivity (Wildman–Crippen MR) is 148 cm³/mol. The summed E-state index contributed by atoms with van der Waals surface area (Å²) in [6, 6.07) is 6.87. The Bertz CT molecular complexity index is 1350. The molecule has 1 N–H and O–H groups in total. The van der Waals surface area contributed by atoms with Crippen molar-refractivity contribution < 1.29 is 14.3 Å². The molecule has 2 aromatic heterocycles. The second kappa shape index (κ2) is 9.70. The van der Waals surface area contributed by atoms with E-state index < -0.39 is 5.97 Å². The molecule has 4 fully saturated rings. The normalized spacial score (nSPS) is 26.0. The van der Waals surface area contributed by atoms with Crippen LogP contribution < -0.4 is 5.32 Å². The van der Waals surface area contributed by atoms with Crippen LogP contribution in [-0.2, 0) is 14.9 Å². The molecule has 0 aliphatic heterocycles. The average Bonchev–Trinajstić information content (AvgIpc) is 3.15. The largest absolute Gasteiger partial charge is 0.462 e. The first kappa shape index (κ1) is 24.9. The summed E-state index contributed by atoms with van der Waals surface area (Å²) in [6.45, 7) is 6.36. The monoisotopic (exact) mass is 535 g/mol. The highest BCUT2D eigenvalue weighted by molar-refractivity contribution is 8.00. The van der Waals surface area contributed by atoms with Crippen molar-refractivity contribution in [2.24, 2.45) is 17.8 Å². The number of esters is 1. The number of ether oxygens (including phenoxy) is 1. The zero-order valence-corrected chi connectivity index (χ0v) is 23.3. The fourth-order valence-electron chi connectivity index (χ4n) is 7.21. The molecule has 4 saturated carbocycles. The van der Waals surface area contributed by atoms with Crippen LogP contribution in [-0.4, -0.2) is 34.2 Å². The molecule has 0 radical (unpaired) electrons. The molecule has 0 unspecified atom stereocenters. The van der Waals surface area contributed by atoms with Gasteiger partial charge in [0.25, 0.3) is 0 Å². The molecule has 4 aliphatic carbocycles. The van der Waals surface area contributed by atoms with Crippen LogP contribution in [0.25, 0.3) is 10.2 Å². The molecule has 8 heteroatoms. The van der Waals surface area contributed by atoms with E-state index in [1.54, 1.807) is 42.5 Å². The standard InChI is InChI=1S/C29H33N3O3S2/c1-4-35-27(34)21-6-5-7-22(11-21)30-23(33)15-36-25-24-16(2)17(3)37-26(24)32-28(31-25)29-12-18-8-19(13-29)10-20(9-18)14-29/h5-7,11,18-20H,4,8-10,12-15H2,1-3H3,(H,30,33). The molecular formula is C29H33N3O3S2. The van der Waals surface area contributed by atoms with Crippen LogP contribution in [0.2, 0.25) is 0 Å². The quantitative estimate of drug-likeness (QED) is 0.206. The van der Waals surface area contributed by atoms with E-state index >= 15 is 0 Å². The summed E-state index contributed by atoms with van der Waals surface area (Å²) in [5.41, 5.74) is 2.33. The number of nitrogens with one attached hydrogen (secondary N) is 1. The van der Waals surface area contributed by atoms with Crippen molar-refractivity contribution in [1.82, 2.24) is 9.97 Å². The van der Waals surface area contributed by atoms with Crippen molar-refractivity contribution in [2.75, 3.05) is 17.7 Å². The molecular weight excluding hydrogens is 502 g/mol. The topological polar surface area (TPSA) is 81.2 Å². The maximum Gasteiger partial charge on any atom is 0.338 e. The minimum Gasteiger partial charge on any atom is -0.462 e. The third-order valence-corrected chi connectivity index (χ3v) is 10.6. The molecule has 37 heavy (non-hydrogen) atoms. The van der Waals surface area contributed by atoms with E-state index in [1.165, 1.54) is 60.7 Å². The number of hydrogen-bond acceptors (Lipinski definition) is 7. The van der Waals surface area contributed by atoms with Gasteiger partial charge in [-0.2, -0.15) is 0 Å². The number of thioether (sulfide) groups is 1. The highest BCUT2D eigenvalue weighted by Crippen LogP contribution is 2.60. The van der Waals surface area contributed by atoms with Gasteiger partial charge in [0.1, 0.15) is 15.7 Å². The van der Waals surface area contributed by atoms with Crippen LogP contribution >= 0.6 is 23.1 Å². The number of amides is 1. The molecule has 194 valence electrons. The summed E-state index contributed by atoms with van der Waals surface area (Å²) in [4.78, 5) is 37.7. The van der Waals surface area contributed by atoms with E-state index in [0.29, 0.717) is 17.9 Å². The third-order valence-electron chi connectivity index (χ3n) is 8.51. The van der Waals surface area contributed by atoms with Crippen molar-refractivity contribution in [1.29, 1.82) is 0 Å². The molecule has 4 aliphatic rings. The lowest BCUT2D eigenvalue weighted by atomic mass is 9.49. The van der Waals surface area contributed by atoms with Crippen LogP contribution in [0.3, 0.4) is 0 Å². The number of thiophene rings is 1. The first-order valence-corrected chi connectivity index (χ1v) is 15.1. The summed E-state index contributed by atoms with van der Waals surface area (Å²) < 4.78 is 5.08. The van der Waals surface area contributed by atoms with Gasteiger partial charge in [-0.3, -0.25) is 4.79 Å². The maximum absolute atomic E-state index is 12.9. The van der Waals surface area contributed by atoms with Crippen LogP contribution in [0.15, 0.2) is 29.3 Å². The molecule has 2 heterocycles. The summed E-state index contributed by atoms with van der Waals surface area (Å²) in [5, 5.41) is 4.95. The minimum atomic E-state index is -0.392. The Labute approximate surface area is 226 Å². The molecule has 0 atom stereocenters. The lowest BCUT2D eigenvalue weighted by Crippen LogP contribution is -2.49. The van der Waals surface area contributed by atoms with Crippen LogP contribution in [0.4, 0.5) is 5.69 Å². The molecule has 6 nitrogen and oxygen atoms in total. The van der Waals surface area contributed by atoms with E-state index in [2.05, 4.69) is 19.2 Å². The smallest absolute Gasteiger partial charge is 0.338 e. The molecule has 1 amide bonds. The number of aromatic nitrogens is 2. The molecule has 3 aromatic rings. The first-order valence-electron chi connectivity index (χ1n) is 13.3. The fraction of sp³-hybridized carbons (Fsp3) is 0.517. The maximum atomic E-state index is 12.9. The number of carbonyl (C=O) groups excluding carboxylic acids is 2. The number of carbonyl (C=O) groups is 2. The number of benzene rings is 1. The van der Waals surface area contributed by atoms with Gasteiger partial charge in [0.15, 0.2) is 0 Å². The molecule has 4 bridgehead atoms. The summed E-state index contributed by atoms with van der Waals surface area (Å²) >= 11 is 3.24. The van der Waals surface area contributed by atoms with Gasteiger partial charge in [-0.05, 0) is 101 Å². The van der Waals surface area contributed by atoms with Gasteiger partial charge in [0.05, 0.1) is 17.9 Å². The Kier molecular flexibility index (Phi) is 6.51. The van der Waals surface area contributed by atoms with E-state index in [0.717, 1.165) is 38.8 Å². The minimum absolute atomic E-state index is 0.111. The predicted octanol–water partition coefficient (Wildman–Crippen LogP) is 6.68. The molecule has 7 rings (SSSR count). The number of aryl methyl sites for hydroxylation is 2. The lowest BCUT2D eigenvalue weighted by Gasteiger charge is -2.56. The zero-order valence-electron chi connectivity index (χ0n) is 21.6. The fourth-order valence-corrected chi connectivity index (χ4v) is 9.19. The van der Waals surface area contributed by atoms with Crippen molar-refractivity contribution in [3.05, 3.63) is 46.1 Å². The average molecular weight is 536 g/mol. The molecule has 0 spiro atoms. The summed E-state index contributed by atoms with van der Waals surface area (Å²) in [6.07, 6.45) is 7.81. The van der Waals surface area contributed by atoms with Crippen LogP contribution in [0.1, 0.15) is 72.1 Å². The number of hydrogen-bond donors (Lipinski definition) is 1. The Hall–Kier alpha value is -2.45. The van der Waals surface area contributed by atoms with Crippen LogP contribution in [0.5, 0.6) is 0 Å². The number of nitrogens with zero attached hydrogens (tertiary/aromatic N) is 2. The van der Waals surface area contributed by atoms with Gasteiger partial charge in [-0.1, -0.05) is 17.8 Å². The van der Waals surface area contributed by atoms with E-state index in [1.807, 2.05) is 0 Å². The van der Waals surface area contributed by atoms with E-state index in [4.69, 9.17) is 14.7 Å². The summed E-state index contributed by atoms with van der Waals surface area (Å²) in [5.74, 6) is 3.21. The Morgan fingerprint density at radius 1 is 1.11 bits per heavy atom. The van der Waals surface area contributed by atoms with Crippen molar-refractivity contribution in [2.45, 2.75) is 69.7 Å². The second-order valence-electron chi connectivity index (χ2n) is 11.2. The zero-order chi connectivity index (χ0) is 25.7. The van der Waals surface area contributed by atoms with Crippen LogP contribution in [0, 0.1) is 31.6 Å². The Balaban J connectivity index is 1.24. The first-order chi connectivity index (χ1) is 17.8. The summed E-state index contributed by atoms with van der Waals surface area (Å²) in [7, 11) is 0. The van der Waals surface area contributed by atoms with E-state index in [-0.39, 0.29) is 17.1 Å². The highest BCUT2D eigenvalue weighted by atomic mass is 32.2. The molecule has 1 aromatic carbocycles. The van der Waals surface area contributed by atoms with Crippen molar-refractivity contribution in [3.63, 3.8) is 0 Å². The Morgan fingerprint density at radius 3 is 2.49 bits per heavy atom. The Morgan fingerprint density at radius 2 is 1.81 bits per heavy atom. The SMILES string of the molecule is CCOC(=O)c1cccc(NC(=O)CSc2nc(C34CC5CC(CC(C5)C3)C4)nc3sc(C)c(C)c23)c1. The van der Waals surface area contributed by atoms with E-state index in [9.17, 15) is 9.59 Å². The van der Waals surface area contributed by atoms with Gasteiger partial charge < -0.3 is 10.1 Å². The highest BCUT2D eigenvalue weighted by Gasteiger charge is 2.53. The number of fused-ring (bicyclic) bond motifs is 1. The van der Waals surface area contributed by atoms with Gasteiger partial charge in [-0.15, -0.1) is 11.3 Å². The molecule has 0 saturated heterocycles. The van der Waals surface area contributed by atoms with Gasteiger partial charge in [-0.25, -0.2) is 14.8 Å². The van der Waals surface area contributed by atoms with Crippen molar-refractivity contribution in [3.8, 4) is 0 Å². The van der Waals surface area contributed by atoms with Gasteiger partial charge in [0.2, 0.25) is 5.91 Å². The van der Waals surface area contributed by atoms with Crippen molar-refractivity contribution >= 4 is 50.9 Å². The lowest BCUT2D eigenvalue weighted by molar-refractivity contribution is -0.113. The second-order valence-corrected chi connectivity index (χ2v) is 13.3. The number of anilines is 1. The third kappa shape index (κ3) is 4.67. The van der Waals surface area contributed by atoms with Gasteiger partial charge >= 0.3 is 5.97 Å².